The third-order valence-electron chi connectivity index (χ3n) is 3.10. The molecular weight excluding hydrogens is 282 g/mol. The minimum Gasteiger partial charge on any atom is -0.480 e. The van der Waals surface area contributed by atoms with Gasteiger partial charge in [-0.2, -0.15) is 0 Å². The van der Waals surface area contributed by atoms with Gasteiger partial charge in [0, 0.05) is 10.6 Å². The van der Waals surface area contributed by atoms with Gasteiger partial charge in [0.1, 0.15) is 6.54 Å². The Kier molecular flexibility index (Phi) is 3.90. The zero-order valence-electron chi connectivity index (χ0n) is 10.7. The minimum absolute atomic E-state index is 0.0853. The first-order valence-corrected chi connectivity index (χ1v) is 6.30. The number of halogens is 1. The van der Waals surface area contributed by atoms with E-state index in [0.29, 0.717) is 5.02 Å². The highest BCUT2D eigenvalue weighted by Crippen LogP contribution is 2.25. The van der Waals surface area contributed by atoms with Crippen LogP contribution in [0, 0.1) is 6.92 Å². The second kappa shape index (κ2) is 5.46. The Balaban J connectivity index is 2.32. The fraction of sp³-hybridized carbons (Fsp3) is 0.214. The van der Waals surface area contributed by atoms with Gasteiger partial charge in [-0.15, -0.1) is 0 Å². The number of nitrogens with zero attached hydrogens (tertiary/aromatic N) is 1. The standard InChI is InChI=1S/C14H12ClNO4/c1-8-9(3-2-4-11(8)15)5-10-6-12(17)16(14(10)20)7-13(18)19/h2-5H,6-7H2,1H3,(H,18,19)/b10-5+. The van der Waals surface area contributed by atoms with E-state index in [0.717, 1.165) is 16.0 Å². The third kappa shape index (κ3) is 2.72. The van der Waals surface area contributed by atoms with Crippen LogP contribution in [0.3, 0.4) is 0 Å². The molecule has 2 amide bonds. The van der Waals surface area contributed by atoms with E-state index < -0.39 is 24.3 Å². The Hall–Kier alpha value is -2.14. The van der Waals surface area contributed by atoms with Crippen LogP contribution in [-0.2, 0) is 14.4 Å². The molecule has 1 saturated heterocycles. The number of carboxylic acids is 1. The number of benzene rings is 1. The number of carboxylic acid groups (broad SMARTS) is 1. The van der Waals surface area contributed by atoms with Crippen molar-refractivity contribution in [1.29, 1.82) is 0 Å². The number of carbonyl (C=O) groups is 3. The first kappa shape index (κ1) is 14.3. The van der Waals surface area contributed by atoms with Gasteiger partial charge in [-0.1, -0.05) is 23.7 Å². The van der Waals surface area contributed by atoms with Crippen molar-refractivity contribution in [2.45, 2.75) is 13.3 Å². The van der Waals surface area contributed by atoms with Gasteiger partial charge in [0.15, 0.2) is 0 Å². The molecule has 0 radical (unpaired) electrons. The summed E-state index contributed by atoms with van der Waals surface area (Å²) in [6.07, 6.45) is 1.50. The summed E-state index contributed by atoms with van der Waals surface area (Å²) in [6, 6.07) is 5.26. The molecule has 20 heavy (non-hydrogen) atoms. The normalized spacial score (nSPS) is 17.1. The van der Waals surface area contributed by atoms with Gasteiger partial charge in [-0.3, -0.25) is 19.3 Å². The van der Waals surface area contributed by atoms with Crippen LogP contribution in [0.2, 0.25) is 5.02 Å². The Morgan fingerprint density at radius 3 is 2.80 bits per heavy atom. The van der Waals surface area contributed by atoms with Crippen molar-refractivity contribution in [3.63, 3.8) is 0 Å². The molecule has 0 aromatic heterocycles. The molecular formula is C14H12ClNO4. The van der Waals surface area contributed by atoms with E-state index in [2.05, 4.69) is 0 Å². The predicted octanol–water partition coefficient (Wildman–Crippen LogP) is 1.88. The SMILES string of the molecule is Cc1c(Cl)cccc1/C=C1\CC(=O)N(CC(=O)O)C1=O. The summed E-state index contributed by atoms with van der Waals surface area (Å²) in [6.45, 7) is 1.20. The van der Waals surface area contributed by atoms with E-state index in [1.807, 2.05) is 6.92 Å². The van der Waals surface area contributed by atoms with Crippen LogP contribution in [0.15, 0.2) is 23.8 Å². The monoisotopic (exact) mass is 293 g/mol. The van der Waals surface area contributed by atoms with Gasteiger partial charge >= 0.3 is 5.97 Å². The van der Waals surface area contributed by atoms with Crippen LogP contribution in [0.5, 0.6) is 0 Å². The van der Waals surface area contributed by atoms with Crippen molar-refractivity contribution in [2.24, 2.45) is 0 Å². The zero-order valence-corrected chi connectivity index (χ0v) is 11.5. The molecule has 0 atom stereocenters. The first-order chi connectivity index (χ1) is 9.40. The molecule has 1 N–H and O–H groups in total. The highest BCUT2D eigenvalue weighted by molar-refractivity contribution is 6.31. The molecule has 0 unspecified atom stereocenters. The fourth-order valence-electron chi connectivity index (χ4n) is 2.00. The molecule has 1 aliphatic heterocycles. The molecule has 1 aromatic rings. The topological polar surface area (TPSA) is 74.7 Å². The summed E-state index contributed by atoms with van der Waals surface area (Å²) in [7, 11) is 0. The molecule has 1 aliphatic rings. The number of amides is 2. The maximum atomic E-state index is 12.0. The number of hydrogen-bond acceptors (Lipinski definition) is 3. The van der Waals surface area contributed by atoms with Gasteiger partial charge in [0.2, 0.25) is 5.91 Å². The molecule has 1 heterocycles. The van der Waals surface area contributed by atoms with Crippen LogP contribution >= 0.6 is 11.6 Å². The molecule has 1 aromatic carbocycles. The van der Waals surface area contributed by atoms with Crippen LogP contribution < -0.4 is 0 Å². The summed E-state index contributed by atoms with van der Waals surface area (Å²) in [4.78, 5) is 35.0. The minimum atomic E-state index is -1.22. The van der Waals surface area contributed by atoms with Crippen LogP contribution in [0.25, 0.3) is 6.08 Å². The lowest BCUT2D eigenvalue weighted by Gasteiger charge is -2.09. The Morgan fingerprint density at radius 1 is 1.45 bits per heavy atom. The summed E-state index contributed by atoms with van der Waals surface area (Å²) in [5.74, 6) is -2.27. The summed E-state index contributed by atoms with van der Waals surface area (Å²) < 4.78 is 0. The lowest BCUT2D eigenvalue weighted by molar-refractivity contribution is -0.148. The zero-order chi connectivity index (χ0) is 14.9. The molecule has 2 rings (SSSR count). The van der Waals surface area contributed by atoms with E-state index in [-0.39, 0.29) is 12.0 Å². The molecule has 5 nitrogen and oxygen atoms in total. The van der Waals surface area contributed by atoms with Crippen LogP contribution in [-0.4, -0.2) is 34.3 Å². The molecule has 0 saturated carbocycles. The van der Waals surface area contributed by atoms with Gasteiger partial charge in [-0.05, 0) is 30.2 Å². The number of imide groups is 1. The Bertz CT molecular complexity index is 636. The second-order valence-corrected chi connectivity index (χ2v) is 4.89. The van der Waals surface area contributed by atoms with E-state index in [1.165, 1.54) is 0 Å². The summed E-state index contributed by atoms with van der Waals surface area (Å²) in [5.41, 5.74) is 1.83. The smallest absolute Gasteiger partial charge is 0.323 e. The molecule has 1 fully saturated rings. The molecule has 0 bridgehead atoms. The number of likely N-dealkylation sites (tertiary alicyclic amines) is 1. The highest BCUT2D eigenvalue weighted by Gasteiger charge is 2.34. The molecule has 104 valence electrons. The van der Waals surface area contributed by atoms with E-state index >= 15 is 0 Å². The van der Waals surface area contributed by atoms with Crippen molar-refractivity contribution in [3.8, 4) is 0 Å². The number of carbonyl (C=O) groups excluding carboxylic acids is 2. The van der Waals surface area contributed by atoms with E-state index in [4.69, 9.17) is 16.7 Å². The van der Waals surface area contributed by atoms with Gasteiger partial charge in [0.05, 0.1) is 6.42 Å². The maximum Gasteiger partial charge on any atom is 0.323 e. The average Bonchev–Trinajstić information content (AvgIpc) is 2.62. The van der Waals surface area contributed by atoms with E-state index in [9.17, 15) is 14.4 Å². The highest BCUT2D eigenvalue weighted by atomic mass is 35.5. The Morgan fingerprint density at radius 2 is 2.15 bits per heavy atom. The average molecular weight is 294 g/mol. The number of hydrogen-bond donors (Lipinski definition) is 1. The van der Waals surface area contributed by atoms with Gasteiger partial charge in [-0.25, -0.2) is 0 Å². The number of aliphatic carboxylic acids is 1. The third-order valence-corrected chi connectivity index (χ3v) is 3.50. The van der Waals surface area contributed by atoms with Crippen molar-refractivity contribution in [1.82, 2.24) is 4.90 Å². The number of rotatable bonds is 3. The largest absolute Gasteiger partial charge is 0.480 e. The second-order valence-electron chi connectivity index (χ2n) is 4.48. The van der Waals surface area contributed by atoms with Gasteiger partial charge < -0.3 is 5.11 Å². The van der Waals surface area contributed by atoms with Crippen molar-refractivity contribution in [2.75, 3.05) is 6.54 Å². The molecule has 0 spiro atoms. The quantitative estimate of drug-likeness (QED) is 0.682. The molecule has 0 aliphatic carbocycles. The van der Waals surface area contributed by atoms with Crippen molar-refractivity contribution < 1.29 is 19.5 Å². The molecule has 6 heteroatoms. The summed E-state index contributed by atoms with van der Waals surface area (Å²) >= 11 is 5.99. The van der Waals surface area contributed by atoms with Gasteiger partial charge in [0.25, 0.3) is 5.91 Å². The summed E-state index contributed by atoms with van der Waals surface area (Å²) in [5, 5.41) is 9.25. The van der Waals surface area contributed by atoms with E-state index in [1.54, 1.807) is 24.3 Å². The fourth-order valence-corrected chi connectivity index (χ4v) is 2.18. The Labute approximate surface area is 120 Å². The van der Waals surface area contributed by atoms with Crippen molar-refractivity contribution >= 4 is 35.5 Å². The van der Waals surface area contributed by atoms with Crippen LogP contribution in [0.4, 0.5) is 0 Å². The van der Waals surface area contributed by atoms with Crippen LogP contribution in [0.1, 0.15) is 17.5 Å². The lowest BCUT2D eigenvalue weighted by Crippen LogP contribution is -2.34. The maximum absolute atomic E-state index is 12.0. The lowest BCUT2D eigenvalue weighted by atomic mass is 10.0. The van der Waals surface area contributed by atoms with Crippen molar-refractivity contribution in [3.05, 3.63) is 39.9 Å². The predicted molar refractivity (Wildman–Crippen MR) is 73.1 cm³/mol. The first-order valence-electron chi connectivity index (χ1n) is 5.92.